The standard InChI is InChI=1S/C13H18FNO2/c1-16-11-4-5-12(14)13(7-11)15-8-10-3-2-6-17-9-10/h4-5,7,10,15H,2-3,6,8-9H2,1H3. The molecule has 3 nitrogen and oxygen atoms in total. The van der Waals surface area contributed by atoms with Crippen molar-refractivity contribution < 1.29 is 13.9 Å². The van der Waals surface area contributed by atoms with Gasteiger partial charge in [0.15, 0.2) is 0 Å². The van der Waals surface area contributed by atoms with Gasteiger partial charge in [0.05, 0.1) is 19.4 Å². The topological polar surface area (TPSA) is 30.5 Å². The Morgan fingerprint density at radius 3 is 3.12 bits per heavy atom. The summed E-state index contributed by atoms with van der Waals surface area (Å²) in [7, 11) is 1.58. The molecule has 1 aromatic rings. The van der Waals surface area contributed by atoms with E-state index in [1.54, 1.807) is 19.2 Å². The van der Waals surface area contributed by atoms with Crippen LogP contribution in [0.3, 0.4) is 0 Å². The lowest BCUT2D eigenvalue weighted by atomic mass is 10.0. The molecule has 1 aliphatic rings. The fraction of sp³-hybridized carbons (Fsp3) is 0.538. The molecule has 17 heavy (non-hydrogen) atoms. The first-order chi connectivity index (χ1) is 8.29. The van der Waals surface area contributed by atoms with Crippen LogP contribution >= 0.6 is 0 Å². The van der Waals surface area contributed by atoms with Crippen molar-refractivity contribution in [3.05, 3.63) is 24.0 Å². The number of ether oxygens (including phenoxy) is 2. The van der Waals surface area contributed by atoms with Crippen molar-refractivity contribution in [2.24, 2.45) is 5.92 Å². The smallest absolute Gasteiger partial charge is 0.146 e. The minimum atomic E-state index is -0.248. The number of rotatable bonds is 4. The van der Waals surface area contributed by atoms with Crippen molar-refractivity contribution >= 4 is 5.69 Å². The Balaban J connectivity index is 1.92. The summed E-state index contributed by atoms with van der Waals surface area (Å²) in [6.45, 7) is 2.35. The summed E-state index contributed by atoms with van der Waals surface area (Å²) >= 11 is 0. The van der Waals surface area contributed by atoms with Crippen molar-refractivity contribution in [3.63, 3.8) is 0 Å². The molecule has 1 atom stereocenters. The van der Waals surface area contributed by atoms with E-state index in [-0.39, 0.29) is 5.82 Å². The minimum Gasteiger partial charge on any atom is -0.497 e. The van der Waals surface area contributed by atoms with E-state index < -0.39 is 0 Å². The third-order valence-electron chi connectivity index (χ3n) is 3.01. The van der Waals surface area contributed by atoms with Gasteiger partial charge in [-0.2, -0.15) is 0 Å². The molecule has 1 saturated heterocycles. The summed E-state index contributed by atoms with van der Waals surface area (Å²) in [5.41, 5.74) is 0.495. The lowest BCUT2D eigenvalue weighted by Gasteiger charge is -2.22. The molecule has 1 aromatic carbocycles. The highest BCUT2D eigenvalue weighted by Crippen LogP contribution is 2.22. The number of benzene rings is 1. The van der Waals surface area contributed by atoms with Crippen LogP contribution in [0.15, 0.2) is 18.2 Å². The van der Waals surface area contributed by atoms with Crippen LogP contribution in [0.5, 0.6) is 5.75 Å². The Bertz CT molecular complexity index is 364. The van der Waals surface area contributed by atoms with Gasteiger partial charge < -0.3 is 14.8 Å². The van der Waals surface area contributed by atoms with E-state index in [0.29, 0.717) is 17.4 Å². The molecule has 0 amide bonds. The van der Waals surface area contributed by atoms with Gasteiger partial charge in [0.25, 0.3) is 0 Å². The van der Waals surface area contributed by atoms with Crippen LogP contribution in [-0.4, -0.2) is 26.9 Å². The van der Waals surface area contributed by atoms with Gasteiger partial charge in [-0.25, -0.2) is 4.39 Å². The number of hydrogen-bond acceptors (Lipinski definition) is 3. The van der Waals surface area contributed by atoms with Crippen LogP contribution in [0.4, 0.5) is 10.1 Å². The van der Waals surface area contributed by atoms with Gasteiger partial charge in [-0.3, -0.25) is 0 Å². The van der Waals surface area contributed by atoms with Gasteiger partial charge in [-0.05, 0) is 30.9 Å². The first-order valence-electron chi connectivity index (χ1n) is 5.95. The van der Waals surface area contributed by atoms with Crippen molar-refractivity contribution in [1.29, 1.82) is 0 Å². The maximum absolute atomic E-state index is 13.5. The van der Waals surface area contributed by atoms with E-state index in [4.69, 9.17) is 9.47 Å². The average Bonchev–Trinajstić information content (AvgIpc) is 2.39. The van der Waals surface area contributed by atoms with Crippen LogP contribution < -0.4 is 10.1 Å². The Morgan fingerprint density at radius 1 is 1.53 bits per heavy atom. The molecular formula is C13H18FNO2. The van der Waals surface area contributed by atoms with Gasteiger partial charge >= 0.3 is 0 Å². The number of halogens is 1. The van der Waals surface area contributed by atoms with Crippen LogP contribution in [0.1, 0.15) is 12.8 Å². The molecule has 1 unspecified atom stereocenters. The molecule has 0 saturated carbocycles. The minimum absolute atomic E-state index is 0.248. The molecule has 0 radical (unpaired) electrons. The summed E-state index contributed by atoms with van der Waals surface area (Å²) in [6, 6.07) is 4.71. The monoisotopic (exact) mass is 239 g/mol. The van der Waals surface area contributed by atoms with E-state index in [9.17, 15) is 4.39 Å². The molecule has 1 N–H and O–H groups in total. The maximum atomic E-state index is 13.5. The van der Waals surface area contributed by atoms with E-state index >= 15 is 0 Å². The largest absolute Gasteiger partial charge is 0.497 e. The zero-order chi connectivity index (χ0) is 12.1. The van der Waals surface area contributed by atoms with E-state index in [2.05, 4.69) is 5.32 Å². The first kappa shape index (κ1) is 12.2. The van der Waals surface area contributed by atoms with E-state index in [1.807, 2.05) is 0 Å². The molecule has 94 valence electrons. The molecule has 0 aliphatic carbocycles. The van der Waals surface area contributed by atoms with Gasteiger partial charge in [-0.1, -0.05) is 0 Å². The van der Waals surface area contributed by atoms with Gasteiger partial charge in [0, 0.05) is 19.2 Å². The number of hydrogen-bond donors (Lipinski definition) is 1. The molecule has 4 heteroatoms. The normalized spacial score (nSPS) is 20.0. The Labute approximate surface area is 101 Å². The third kappa shape index (κ3) is 3.33. The summed E-state index contributed by atoms with van der Waals surface area (Å²) in [4.78, 5) is 0. The zero-order valence-electron chi connectivity index (χ0n) is 10.0. The molecule has 1 fully saturated rings. The van der Waals surface area contributed by atoms with Crippen LogP contribution in [-0.2, 0) is 4.74 Å². The summed E-state index contributed by atoms with van der Waals surface area (Å²) in [6.07, 6.45) is 2.23. The Hall–Kier alpha value is -1.29. The second kappa shape index (κ2) is 5.87. The Kier molecular flexibility index (Phi) is 4.20. The zero-order valence-corrected chi connectivity index (χ0v) is 10.0. The van der Waals surface area contributed by atoms with Crippen LogP contribution in [0, 0.1) is 11.7 Å². The summed E-state index contributed by atoms with van der Waals surface area (Å²) < 4.78 is 24.0. The molecule has 0 spiro atoms. The van der Waals surface area contributed by atoms with Gasteiger partial charge in [-0.15, -0.1) is 0 Å². The second-order valence-corrected chi connectivity index (χ2v) is 4.31. The number of nitrogens with one attached hydrogen (secondary N) is 1. The lowest BCUT2D eigenvalue weighted by molar-refractivity contribution is 0.0595. The molecule has 0 bridgehead atoms. The quantitative estimate of drug-likeness (QED) is 0.876. The van der Waals surface area contributed by atoms with Gasteiger partial charge in [0.2, 0.25) is 0 Å². The summed E-state index contributed by atoms with van der Waals surface area (Å²) in [5.74, 6) is 0.880. The molecule has 1 aliphatic heterocycles. The first-order valence-corrected chi connectivity index (χ1v) is 5.95. The maximum Gasteiger partial charge on any atom is 0.146 e. The molecular weight excluding hydrogens is 221 g/mol. The van der Waals surface area contributed by atoms with Crippen molar-refractivity contribution in [2.45, 2.75) is 12.8 Å². The second-order valence-electron chi connectivity index (χ2n) is 4.31. The Morgan fingerprint density at radius 2 is 2.41 bits per heavy atom. The molecule has 2 rings (SSSR count). The van der Waals surface area contributed by atoms with Crippen LogP contribution in [0.25, 0.3) is 0 Å². The fourth-order valence-corrected chi connectivity index (χ4v) is 1.99. The van der Waals surface area contributed by atoms with Crippen molar-refractivity contribution in [2.75, 3.05) is 32.2 Å². The van der Waals surface area contributed by atoms with E-state index in [0.717, 1.165) is 32.6 Å². The SMILES string of the molecule is COc1ccc(F)c(NCC2CCCOC2)c1. The average molecular weight is 239 g/mol. The lowest BCUT2D eigenvalue weighted by Crippen LogP contribution is -2.24. The van der Waals surface area contributed by atoms with Crippen LogP contribution in [0.2, 0.25) is 0 Å². The number of methoxy groups -OCH3 is 1. The highest BCUT2D eigenvalue weighted by atomic mass is 19.1. The predicted octanol–water partition coefficient (Wildman–Crippen LogP) is 2.67. The number of anilines is 1. The van der Waals surface area contributed by atoms with Crippen molar-refractivity contribution in [1.82, 2.24) is 0 Å². The van der Waals surface area contributed by atoms with Gasteiger partial charge in [0.1, 0.15) is 11.6 Å². The highest BCUT2D eigenvalue weighted by molar-refractivity contribution is 5.49. The molecule has 0 aromatic heterocycles. The van der Waals surface area contributed by atoms with E-state index in [1.165, 1.54) is 6.07 Å². The highest BCUT2D eigenvalue weighted by Gasteiger charge is 2.14. The fourth-order valence-electron chi connectivity index (χ4n) is 1.99. The summed E-state index contributed by atoms with van der Waals surface area (Å²) in [5, 5.41) is 3.12. The van der Waals surface area contributed by atoms with Crippen molar-refractivity contribution in [3.8, 4) is 5.75 Å². The third-order valence-corrected chi connectivity index (χ3v) is 3.01. The predicted molar refractivity (Wildman–Crippen MR) is 65.0 cm³/mol. The molecule has 1 heterocycles.